The molecule has 136 valence electrons. The van der Waals surface area contributed by atoms with Gasteiger partial charge in [0.05, 0.1) is 6.54 Å². The summed E-state index contributed by atoms with van der Waals surface area (Å²) in [6.45, 7) is 2.92. The first-order valence-corrected chi connectivity index (χ1v) is 10.2. The number of carbonyl (C=O) groups is 1. The van der Waals surface area contributed by atoms with Gasteiger partial charge < -0.3 is 4.90 Å². The van der Waals surface area contributed by atoms with Crippen molar-refractivity contribution < 1.29 is 4.79 Å². The summed E-state index contributed by atoms with van der Waals surface area (Å²) < 4.78 is 0. The molecule has 2 aromatic carbocycles. The normalized spacial score (nSPS) is 14.8. The smallest absolute Gasteiger partial charge is 0.236 e. The van der Waals surface area contributed by atoms with Gasteiger partial charge in [0.2, 0.25) is 5.91 Å². The lowest BCUT2D eigenvalue weighted by atomic mass is 9.99. The van der Waals surface area contributed by atoms with Gasteiger partial charge >= 0.3 is 0 Å². The summed E-state index contributed by atoms with van der Waals surface area (Å²) in [5.41, 5.74) is 3.85. The molecule has 0 spiro atoms. The van der Waals surface area contributed by atoms with E-state index >= 15 is 0 Å². The minimum Gasteiger partial charge on any atom is -0.340 e. The van der Waals surface area contributed by atoms with Crippen molar-refractivity contribution in [3.05, 3.63) is 71.8 Å². The fourth-order valence-electron chi connectivity index (χ4n) is 3.17. The van der Waals surface area contributed by atoms with Gasteiger partial charge in [0.15, 0.2) is 0 Å². The monoisotopic (exact) mass is 366 g/mol. The van der Waals surface area contributed by atoms with Gasteiger partial charge in [-0.25, -0.2) is 0 Å². The van der Waals surface area contributed by atoms with E-state index in [1.54, 1.807) is 11.8 Å². The summed E-state index contributed by atoms with van der Waals surface area (Å²) in [6.07, 6.45) is 5.32. The molecule has 1 heterocycles. The molecule has 3 rings (SSSR count). The van der Waals surface area contributed by atoms with E-state index in [1.807, 2.05) is 18.0 Å². The predicted molar refractivity (Wildman–Crippen MR) is 110 cm³/mol. The Bertz CT molecular complexity index is 755. The number of hydrogen-bond acceptors (Lipinski definition) is 3. The Kier molecular flexibility index (Phi) is 6.53. The molecule has 1 aliphatic heterocycles. The maximum Gasteiger partial charge on any atom is 0.236 e. The first-order valence-electron chi connectivity index (χ1n) is 8.99. The maximum atomic E-state index is 12.5. The molecule has 4 heteroatoms. The molecule has 0 unspecified atom stereocenters. The van der Waals surface area contributed by atoms with Crippen molar-refractivity contribution in [1.29, 1.82) is 0 Å². The number of rotatable bonds is 6. The molecule has 0 atom stereocenters. The highest BCUT2D eigenvalue weighted by atomic mass is 32.2. The Morgan fingerprint density at radius 2 is 1.85 bits per heavy atom. The second-order valence-corrected chi connectivity index (χ2v) is 7.56. The molecule has 0 saturated carbocycles. The lowest BCUT2D eigenvalue weighted by Crippen LogP contribution is -2.39. The van der Waals surface area contributed by atoms with Gasteiger partial charge in [0.1, 0.15) is 0 Å². The quantitative estimate of drug-likeness (QED) is 0.718. The molecule has 0 N–H and O–H groups in total. The number of amides is 1. The van der Waals surface area contributed by atoms with Crippen LogP contribution in [-0.4, -0.2) is 48.6 Å². The number of likely N-dealkylation sites (N-methyl/N-ethyl adjacent to an activating group) is 1. The van der Waals surface area contributed by atoms with E-state index in [2.05, 4.69) is 65.8 Å². The Hall–Kier alpha value is -2.04. The Labute approximate surface area is 160 Å². The fourth-order valence-corrected chi connectivity index (χ4v) is 3.58. The summed E-state index contributed by atoms with van der Waals surface area (Å²) in [5.74, 6) is 0.176. The van der Waals surface area contributed by atoms with Gasteiger partial charge in [-0.1, -0.05) is 48.5 Å². The van der Waals surface area contributed by atoms with E-state index in [0.29, 0.717) is 13.1 Å². The van der Waals surface area contributed by atoms with Crippen LogP contribution in [-0.2, 0) is 11.3 Å². The van der Waals surface area contributed by atoms with E-state index in [9.17, 15) is 4.79 Å². The molecule has 0 aromatic heterocycles. The highest BCUT2D eigenvalue weighted by Gasteiger charge is 2.18. The topological polar surface area (TPSA) is 23.6 Å². The fraction of sp³-hybridized carbons (Fsp3) is 0.318. The average Bonchev–Trinajstić information content (AvgIpc) is 2.70. The largest absolute Gasteiger partial charge is 0.340 e. The standard InChI is InChI=1S/C22H26N2OS/c1-23(16-18-8-10-21(26-2)11-9-18)22(25)17-24-14-12-20(13-15-24)19-6-4-3-5-7-19/h3-12H,13-17H2,1-2H3. The molecule has 1 amide bonds. The lowest BCUT2D eigenvalue weighted by Gasteiger charge is -2.28. The molecule has 0 radical (unpaired) electrons. The van der Waals surface area contributed by atoms with Crippen LogP contribution in [0.15, 0.2) is 65.6 Å². The molecule has 0 saturated heterocycles. The summed E-state index contributed by atoms with van der Waals surface area (Å²) in [5, 5.41) is 0. The van der Waals surface area contributed by atoms with Crippen molar-refractivity contribution in [2.24, 2.45) is 0 Å². The van der Waals surface area contributed by atoms with E-state index in [0.717, 1.165) is 19.5 Å². The molecule has 26 heavy (non-hydrogen) atoms. The first kappa shape index (κ1) is 18.7. The second kappa shape index (κ2) is 9.06. The van der Waals surface area contributed by atoms with Crippen LogP contribution < -0.4 is 0 Å². The van der Waals surface area contributed by atoms with Gasteiger partial charge in [-0.15, -0.1) is 11.8 Å². The van der Waals surface area contributed by atoms with Gasteiger partial charge in [-0.05, 0) is 41.5 Å². The third-order valence-corrected chi connectivity index (χ3v) is 5.54. The van der Waals surface area contributed by atoms with E-state index in [-0.39, 0.29) is 5.91 Å². The number of nitrogens with zero attached hydrogens (tertiary/aromatic N) is 2. The van der Waals surface area contributed by atoms with E-state index in [1.165, 1.54) is 21.6 Å². The van der Waals surface area contributed by atoms with Gasteiger partial charge in [-0.2, -0.15) is 0 Å². The van der Waals surface area contributed by atoms with Crippen LogP contribution in [0.2, 0.25) is 0 Å². The second-order valence-electron chi connectivity index (χ2n) is 6.68. The molecule has 2 aromatic rings. The Morgan fingerprint density at radius 1 is 1.12 bits per heavy atom. The van der Waals surface area contributed by atoms with Gasteiger partial charge in [-0.3, -0.25) is 9.69 Å². The highest BCUT2D eigenvalue weighted by molar-refractivity contribution is 7.98. The number of carbonyl (C=O) groups excluding carboxylic acids is 1. The third-order valence-electron chi connectivity index (χ3n) is 4.80. The SMILES string of the molecule is CSc1ccc(CN(C)C(=O)CN2CC=C(c3ccccc3)CC2)cc1. The van der Waals surface area contributed by atoms with Crippen LogP contribution in [0.25, 0.3) is 5.57 Å². The van der Waals surface area contributed by atoms with Gasteiger partial charge in [0.25, 0.3) is 0 Å². The van der Waals surface area contributed by atoms with Gasteiger partial charge in [0, 0.05) is 31.6 Å². The molecule has 0 aliphatic carbocycles. The minimum absolute atomic E-state index is 0.176. The summed E-state index contributed by atoms with van der Waals surface area (Å²) in [4.78, 5) is 17.8. The number of benzene rings is 2. The van der Waals surface area contributed by atoms with Crippen molar-refractivity contribution in [3.63, 3.8) is 0 Å². The zero-order chi connectivity index (χ0) is 18.4. The van der Waals surface area contributed by atoms with Crippen LogP contribution in [0, 0.1) is 0 Å². The molecular formula is C22H26N2OS. The van der Waals surface area contributed by atoms with E-state index in [4.69, 9.17) is 0 Å². The number of hydrogen-bond donors (Lipinski definition) is 0. The highest BCUT2D eigenvalue weighted by Crippen LogP contribution is 2.22. The zero-order valence-electron chi connectivity index (χ0n) is 15.5. The minimum atomic E-state index is 0.176. The van der Waals surface area contributed by atoms with Crippen molar-refractivity contribution in [2.75, 3.05) is 32.9 Å². The maximum absolute atomic E-state index is 12.5. The molecule has 3 nitrogen and oxygen atoms in total. The molecular weight excluding hydrogens is 340 g/mol. The van der Waals surface area contributed by atoms with Crippen molar-refractivity contribution in [1.82, 2.24) is 9.80 Å². The van der Waals surface area contributed by atoms with E-state index < -0.39 is 0 Å². The van der Waals surface area contributed by atoms with Crippen LogP contribution in [0.4, 0.5) is 0 Å². The zero-order valence-corrected chi connectivity index (χ0v) is 16.3. The van der Waals surface area contributed by atoms with Crippen LogP contribution in [0.1, 0.15) is 17.5 Å². The van der Waals surface area contributed by atoms with Crippen LogP contribution >= 0.6 is 11.8 Å². The van der Waals surface area contributed by atoms with Crippen molar-refractivity contribution >= 4 is 23.2 Å². The predicted octanol–water partition coefficient (Wildman–Crippen LogP) is 4.16. The summed E-state index contributed by atoms with van der Waals surface area (Å²) >= 11 is 1.73. The molecule has 0 fully saturated rings. The summed E-state index contributed by atoms with van der Waals surface area (Å²) in [7, 11) is 1.89. The average molecular weight is 367 g/mol. The first-order chi connectivity index (χ1) is 12.7. The number of thioether (sulfide) groups is 1. The van der Waals surface area contributed by atoms with Crippen molar-refractivity contribution in [3.8, 4) is 0 Å². The Morgan fingerprint density at radius 3 is 2.46 bits per heavy atom. The molecule has 1 aliphatic rings. The van der Waals surface area contributed by atoms with Crippen LogP contribution in [0.3, 0.4) is 0 Å². The summed E-state index contributed by atoms with van der Waals surface area (Å²) in [6, 6.07) is 18.9. The lowest BCUT2D eigenvalue weighted by molar-refractivity contribution is -0.131. The van der Waals surface area contributed by atoms with Crippen LogP contribution in [0.5, 0.6) is 0 Å². The molecule has 0 bridgehead atoms. The Balaban J connectivity index is 1.51. The van der Waals surface area contributed by atoms with Crippen molar-refractivity contribution in [2.45, 2.75) is 17.9 Å². The third kappa shape index (κ3) is 4.99.